The van der Waals surface area contributed by atoms with Crippen molar-refractivity contribution in [2.24, 2.45) is 17.3 Å². The minimum atomic E-state index is -0.594. The van der Waals surface area contributed by atoms with Crippen molar-refractivity contribution >= 4 is 17.6 Å². The predicted molar refractivity (Wildman–Crippen MR) is 118 cm³/mol. The number of carbonyl (C=O) groups is 2. The first-order chi connectivity index (χ1) is 14.9. The summed E-state index contributed by atoms with van der Waals surface area (Å²) in [5, 5.41) is 13.7. The van der Waals surface area contributed by atoms with Crippen molar-refractivity contribution in [2.45, 2.75) is 50.5 Å². The van der Waals surface area contributed by atoms with Gasteiger partial charge in [-0.3, -0.25) is 9.59 Å². The van der Waals surface area contributed by atoms with Gasteiger partial charge in [-0.1, -0.05) is 48.5 Å². The van der Waals surface area contributed by atoms with E-state index in [4.69, 9.17) is 4.74 Å². The number of hydrogen-bond donors (Lipinski definition) is 2. The Labute approximate surface area is 182 Å². The molecule has 2 aromatic carbocycles. The van der Waals surface area contributed by atoms with Crippen LogP contribution in [0.25, 0.3) is 11.1 Å². The number of carbonyl (C=O) groups excluding carboxylic acids is 2. The van der Waals surface area contributed by atoms with E-state index in [1.807, 2.05) is 54.6 Å². The van der Waals surface area contributed by atoms with Gasteiger partial charge in [0.2, 0.25) is 0 Å². The van der Waals surface area contributed by atoms with Crippen LogP contribution in [0.15, 0.2) is 54.6 Å². The molecular formula is C26H29NO4. The van der Waals surface area contributed by atoms with E-state index in [0.29, 0.717) is 30.4 Å². The SMILES string of the molecule is O=C(COC(=O)CC12C[C@@H]3C[C@@H](CC(O)(C3)C1)C2)Nc1ccccc1-c1ccccc1. The van der Waals surface area contributed by atoms with Crippen molar-refractivity contribution in [1.82, 2.24) is 0 Å². The lowest BCUT2D eigenvalue weighted by atomic mass is 9.47. The summed E-state index contributed by atoms with van der Waals surface area (Å²) in [6.45, 7) is -0.296. The second-order valence-electron chi connectivity index (χ2n) is 9.98. The molecule has 5 nitrogen and oxygen atoms in total. The van der Waals surface area contributed by atoms with Crippen LogP contribution in [0.1, 0.15) is 44.9 Å². The van der Waals surface area contributed by atoms with E-state index >= 15 is 0 Å². The number of amides is 1. The maximum absolute atomic E-state index is 12.6. The third-order valence-corrected chi connectivity index (χ3v) is 7.32. The van der Waals surface area contributed by atoms with Crippen molar-refractivity contribution in [1.29, 1.82) is 0 Å². The molecule has 0 spiro atoms. The first-order valence-corrected chi connectivity index (χ1v) is 11.2. The van der Waals surface area contributed by atoms with Gasteiger partial charge in [0.25, 0.3) is 5.91 Å². The van der Waals surface area contributed by atoms with Crippen molar-refractivity contribution in [3.05, 3.63) is 54.6 Å². The molecular weight excluding hydrogens is 390 g/mol. The Hall–Kier alpha value is -2.66. The molecule has 0 aliphatic heterocycles. The first-order valence-electron chi connectivity index (χ1n) is 11.2. The molecule has 4 atom stereocenters. The number of benzene rings is 2. The Bertz CT molecular complexity index is 972. The van der Waals surface area contributed by atoms with Crippen LogP contribution in [0.4, 0.5) is 5.69 Å². The summed E-state index contributed by atoms with van der Waals surface area (Å²) >= 11 is 0. The minimum Gasteiger partial charge on any atom is -0.456 e. The van der Waals surface area contributed by atoms with E-state index < -0.39 is 5.60 Å². The van der Waals surface area contributed by atoms with Gasteiger partial charge >= 0.3 is 5.97 Å². The van der Waals surface area contributed by atoms with Crippen LogP contribution < -0.4 is 5.32 Å². The Kier molecular flexibility index (Phi) is 5.09. The van der Waals surface area contributed by atoms with Crippen LogP contribution in [0, 0.1) is 17.3 Å². The smallest absolute Gasteiger partial charge is 0.306 e. The van der Waals surface area contributed by atoms with Crippen molar-refractivity contribution in [2.75, 3.05) is 11.9 Å². The fourth-order valence-corrected chi connectivity index (χ4v) is 6.76. The number of hydrogen-bond acceptors (Lipinski definition) is 4. The molecule has 0 radical (unpaired) electrons. The Morgan fingerprint density at radius 3 is 2.35 bits per heavy atom. The molecule has 6 rings (SSSR count). The van der Waals surface area contributed by atoms with Gasteiger partial charge in [-0.2, -0.15) is 0 Å². The molecule has 0 heterocycles. The molecule has 4 fully saturated rings. The summed E-state index contributed by atoms with van der Waals surface area (Å²) in [5.41, 5.74) is 1.88. The third-order valence-electron chi connectivity index (χ3n) is 7.32. The van der Waals surface area contributed by atoms with Gasteiger partial charge in [0.15, 0.2) is 6.61 Å². The molecule has 2 unspecified atom stereocenters. The molecule has 162 valence electrons. The summed E-state index contributed by atoms with van der Waals surface area (Å²) in [5.74, 6) is 0.367. The van der Waals surface area contributed by atoms with Crippen LogP contribution in [0.2, 0.25) is 0 Å². The van der Waals surface area contributed by atoms with Gasteiger partial charge in [0.1, 0.15) is 0 Å². The molecule has 0 aromatic heterocycles. The van der Waals surface area contributed by atoms with Crippen molar-refractivity contribution < 1.29 is 19.4 Å². The number of para-hydroxylation sites is 1. The maximum atomic E-state index is 12.6. The fourth-order valence-electron chi connectivity index (χ4n) is 6.76. The van der Waals surface area contributed by atoms with Crippen molar-refractivity contribution in [3.63, 3.8) is 0 Å². The molecule has 4 aliphatic carbocycles. The Morgan fingerprint density at radius 1 is 0.968 bits per heavy atom. The van der Waals surface area contributed by atoms with Gasteiger partial charge in [-0.15, -0.1) is 0 Å². The molecule has 4 saturated carbocycles. The molecule has 0 saturated heterocycles. The lowest BCUT2D eigenvalue weighted by Crippen LogP contribution is -2.56. The summed E-state index contributed by atoms with van der Waals surface area (Å²) in [6, 6.07) is 17.4. The number of nitrogens with one attached hydrogen (secondary N) is 1. The van der Waals surface area contributed by atoms with E-state index in [9.17, 15) is 14.7 Å². The average molecular weight is 420 g/mol. The highest BCUT2D eigenvalue weighted by molar-refractivity contribution is 5.96. The number of ether oxygens (including phenoxy) is 1. The Morgan fingerprint density at radius 2 is 1.65 bits per heavy atom. The zero-order valence-corrected chi connectivity index (χ0v) is 17.7. The summed E-state index contributed by atoms with van der Waals surface area (Å²) in [7, 11) is 0. The molecule has 4 aliphatic rings. The topological polar surface area (TPSA) is 75.6 Å². The highest BCUT2D eigenvalue weighted by Crippen LogP contribution is 2.62. The largest absolute Gasteiger partial charge is 0.456 e. The van der Waals surface area contributed by atoms with E-state index in [2.05, 4.69) is 5.32 Å². The molecule has 4 bridgehead atoms. The van der Waals surface area contributed by atoms with Gasteiger partial charge in [-0.05, 0) is 67.4 Å². The highest BCUT2D eigenvalue weighted by Gasteiger charge is 2.57. The molecule has 5 heteroatoms. The van der Waals surface area contributed by atoms with Crippen LogP contribution in [0.5, 0.6) is 0 Å². The minimum absolute atomic E-state index is 0.147. The van der Waals surface area contributed by atoms with Crippen LogP contribution in [0.3, 0.4) is 0 Å². The zero-order chi connectivity index (χ0) is 21.5. The quantitative estimate of drug-likeness (QED) is 0.673. The Balaban J connectivity index is 1.18. The van der Waals surface area contributed by atoms with Crippen LogP contribution >= 0.6 is 0 Å². The van der Waals surface area contributed by atoms with E-state index in [1.54, 1.807) is 0 Å². The normalized spacial score (nSPS) is 30.7. The predicted octanol–water partition coefficient (Wildman–Crippen LogP) is 4.56. The van der Waals surface area contributed by atoms with Crippen LogP contribution in [-0.2, 0) is 14.3 Å². The van der Waals surface area contributed by atoms with E-state index in [-0.39, 0.29) is 23.9 Å². The zero-order valence-electron chi connectivity index (χ0n) is 17.7. The first kappa shape index (κ1) is 20.3. The van der Waals surface area contributed by atoms with Gasteiger partial charge < -0.3 is 15.2 Å². The van der Waals surface area contributed by atoms with Gasteiger partial charge in [0, 0.05) is 11.3 Å². The lowest BCUT2D eigenvalue weighted by Gasteiger charge is -2.60. The maximum Gasteiger partial charge on any atom is 0.306 e. The van der Waals surface area contributed by atoms with Gasteiger partial charge in [-0.25, -0.2) is 0 Å². The third kappa shape index (κ3) is 4.24. The van der Waals surface area contributed by atoms with E-state index in [1.165, 1.54) is 6.42 Å². The summed E-state index contributed by atoms with van der Waals surface area (Å²) in [4.78, 5) is 25.1. The summed E-state index contributed by atoms with van der Waals surface area (Å²) in [6.07, 6.45) is 5.93. The van der Waals surface area contributed by atoms with Crippen molar-refractivity contribution in [3.8, 4) is 11.1 Å². The number of aliphatic hydroxyl groups is 1. The molecule has 2 aromatic rings. The second kappa shape index (κ2) is 7.79. The molecule has 31 heavy (non-hydrogen) atoms. The van der Waals surface area contributed by atoms with Crippen LogP contribution in [-0.4, -0.2) is 29.2 Å². The summed E-state index contributed by atoms with van der Waals surface area (Å²) < 4.78 is 5.36. The molecule has 2 N–H and O–H groups in total. The monoisotopic (exact) mass is 419 g/mol. The highest BCUT2D eigenvalue weighted by atomic mass is 16.5. The lowest BCUT2D eigenvalue weighted by molar-refractivity contribution is -0.177. The standard InChI is InChI=1S/C26H29NO4/c28-23(27-22-9-5-4-8-21(22)20-6-2-1-3-7-20)16-31-24(29)15-25-11-18-10-19(12-25)14-26(30,13-18)17-25/h1-9,18-19,30H,10-17H2,(H,27,28)/t18-,19+,25?,26?. The van der Waals surface area contributed by atoms with E-state index in [0.717, 1.165) is 36.8 Å². The second-order valence-corrected chi connectivity index (χ2v) is 9.98. The number of anilines is 1. The number of rotatable bonds is 6. The fraction of sp³-hybridized carbons (Fsp3) is 0.462. The average Bonchev–Trinajstić information content (AvgIpc) is 2.71. The van der Waals surface area contributed by atoms with Gasteiger partial charge in [0.05, 0.1) is 12.0 Å². The number of esters is 1. The molecule has 1 amide bonds.